The molecule has 2 rings (SSSR count). The van der Waals surface area contributed by atoms with Crippen molar-refractivity contribution in [2.45, 2.75) is 19.1 Å². The van der Waals surface area contributed by atoms with Crippen molar-refractivity contribution in [3.63, 3.8) is 0 Å². The molecule has 2 heterocycles. The van der Waals surface area contributed by atoms with Gasteiger partial charge in [0.1, 0.15) is 23.8 Å². The molecule has 0 radical (unpaired) electrons. The molecule has 6 heteroatoms. The van der Waals surface area contributed by atoms with Gasteiger partial charge in [-0.05, 0) is 13.0 Å². The Labute approximate surface area is 111 Å². The van der Waals surface area contributed by atoms with Crippen LogP contribution in [0, 0.1) is 11.3 Å². The molecule has 2 unspecified atom stereocenters. The molecule has 0 aromatic carbocycles. The van der Waals surface area contributed by atoms with E-state index in [1.165, 1.54) is 6.20 Å². The second kappa shape index (κ2) is 6.01. The summed E-state index contributed by atoms with van der Waals surface area (Å²) < 4.78 is 11.2. The Bertz CT molecular complexity index is 461. The van der Waals surface area contributed by atoms with Crippen LogP contribution in [0.1, 0.15) is 12.5 Å². The van der Waals surface area contributed by atoms with E-state index in [1.807, 2.05) is 13.0 Å². The van der Waals surface area contributed by atoms with E-state index in [-0.39, 0.29) is 23.1 Å². The number of morpholine rings is 1. The standard InChI is InChI=1S/C12H14ClN3O2/c1-8-5-15-6-10(18-8)7-17-12-11(13)9(4-14)2-3-16-12/h2-3,8,10,15H,5-7H2,1H3. The summed E-state index contributed by atoms with van der Waals surface area (Å²) in [5.41, 5.74) is 0.359. The zero-order valence-corrected chi connectivity index (χ0v) is 10.8. The Morgan fingerprint density at radius 2 is 2.50 bits per heavy atom. The average Bonchev–Trinajstić information content (AvgIpc) is 2.38. The van der Waals surface area contributed by atoms with Crippen LogP contribution in [0.3, 0.4) is 0 Å². The van der Waals surface area contributed by atoms with Gasteiger partial charge < -0.3 is 14.8 Å². The van der Waals surface area contributed by atoms with Crippen LogP contribution in [-0.4, -0.2) is 36.9 Å². The Hall–Kier alpha value is -1.35. The molecular formula is C12H14ClN3O2. The predicted molar refractivity (Wildman–Crippen MR) is 66.7 cm³/mol. The van der Waals surface area contributed by atoms with E-state index in [9.17, 15) is 0 Å². The van der Waals surface area contributed by atoms with E-state index in [0.29, 0.717) is 12.2 Å². The summed E-state index contributed by atoms with van der Waals surface area (Å²) in [5.74, 6) is 0.276. The number of nitrogens with one attached hydrogen (secondary N) is 1. The lowest BCUT2D eigenvalue weighted by Gasteiger charge is -2.28. The third-order valence-electron chi connectivity index (χ3n) is 2.61. The van der Waals surface area contributed by atoms with Gasteiger partial charge in [0, 0.05) is 19.3 Å². The second-order valence-corrected chi connectivity index (χ2v) is 4.51. The summed E-state index contributed by atoms with van der Waals surface area (Å²) in [6.07, 6.45) is 1.64. The predicted octanol–water partition coefficient (Wildman–Crippen LogP) is 1.36. The van der Waals surface area contributed by atoms with Gasteiger partial charge in [-0.2, -0.15) is 5.26 Å². The van der Waals surface area contributed by atoms with E-state index in [0.717, 1.165) is 13.1 Å². The summed E-state index contributed by atoms with van der Waals surface area (Å²) in [4.78, 5) is 4.01. The van der Waals surface area contributed by atoms with Gasteiger partial charge in [0.25, 0.3) is 0 Å². The number of nitriles is 1. The maximum Gasteiger partial charge on any atom is 0.234 e. The number of nitrogens with zero attached hydrogens (tertiary/aromatic N) is 2. The van der Waals surface area contributed by atoms with Crippen LogP contribution in [0.25, 0.3) is 0 Å². The van der Waals surface area contributed by atoms with E-state index < -0.39 is 0 Å². The largest absolute Gasteiger partial charge is 0.474 e. The molecule has 96 valence electrons. The number of hydrogen-bond acceptors (Lipinski definition) is 5. The topological polar surface area (TPSA) is 67.2 Å². The van der Waals surface area contributed by atoms with Crippen molar-refractivity contribution >= 4 is 11.6 Å². The Morgan fingerprint density at radius 3 is 3.22 bits per heavy atom. The van der Waals surface area contributed by atoms with Crippen molar-refractivity contribution in [2.24, 2.45) is 0 Å². The average molecular weight is 268 g/mol. The molecule has 5 nitrogen and oxygen atoms in total. The number of ether oxygens (including phenoxy) is 2. The van der Waals surface area contributed by atoms with Crippen LogP contribution >= 0.6 is 11.6 Å². The van der Waals surface area contributed by atoms with E-state index >= 15 is 0 Å². The maximum atomic E-state index is 8.84. The molecule has 1 saturated heterocycles. The lowest BCUT2D eigenvalue weighted by atomic mass is 10.2. The minimum atomic E-state index is -0.0302. The van der Waals surface area contributed by atoms with Crippen LogP contribution in [0.15, 0.2) is 12.3 Å². The summed E-state index contributed by atoms with van der Waals surface area (Å²) in [6.45, 7) is 3.94. The van der Waals surface area contributed by atoms with Crippen LogP contribution in [0.4, 0.5) is 0 Å². The molecule has 1 aliphatic rings. The van der Waals surface area contributed by atoms with Gasteiger partial charge in [-0.15, -0.1) is 0 Å². The highest BCUT2D eigenvalue weighted by molar-refractivity contribution is 6.32. The van der Waals surface area contributed by atoms with Gasteiger partial charge in [-0.3, -0.25) is 0 Å². The minimum absolute atomic E-state index is 0.0302. The van der Waals surface area contributed by atoms with Gasteiger partial charge >= 0.3 is 0 Å². The molecule has 1 fully saturated rings. The molecule has 18 heavy (non-hydrogen) atoms. The molecule has 1 aliphatic heterocycles. The molecular weight excluding hydrogens is 254 g/mol. The SMILES string of the molecule is CC1CNCC(COc2nccc(C#N)c2Cl)O1. The second-order valence-electron chi connectivity index (χ2n) is 4.13. The molecule has 1 aromatic heterocycles. The van der Waals surface area contributed by atoms with Gasteiger partial charge in [-0.25, -0.2) is 4.98 Å². The first kappa shape index (κ1) is 13.1. The first-order chi connectivity index (χ1) is 8.70. The maximum absolute atomic E-state index is 8.84. The van der Waals surface area contributed by atoms with Gasteiger partial charge in [0.2, 0.25) is 5.88 Å². The van der Waals surface area contributed by atoms with E-state index in [4.69, 9.17) is 26.3 Å². The normalized spacial score (nSPS) is 23.4. The van der Waals surface area contributed by atoms with E-state index in [2.05, 4.69) is 10.3 Å². The molecule has 0 aliphatic carbocycles. The highest BCUT2D eigenvalue weighted by Gasteiger charge is 2.20. The third kappa shape index (κ3) is 3.10. The molecule has 0 saturated carbocycles. The van der Waals surface area contributed by atoms with Gasteiger partial charge in [-0.1, -0.05) is 11.6 Å². The van der Waals surface area contributed by atoms with Crippen LogP contribution in [-0.2, 0) is 4.74 Å². The molecule has 0 amide bonds. The third-order valence-corrected chi connectivity index (χ3v) is 2.98. The first-order valence-electron chi connectivity index (χ1n) is 5.74. The smallest absolute Gasteiger partial charge is 0.234 e. The lowest BCUT2D eigenvalue weighted by Crippen LogP contribution is -2.45. The number of halogens is 1. The summed E-state index contributed by atoms with van der Waals surface area (Å²) >= 11 is 5.99. The number of rotatable bonds is 3. The fraction of sp³-hybridized carbons (Fsp3) is 0.500. The molecule has 1 N–H and O–H groups in total. The summed E-state index contributed by atoms with van der Waals surface area (Å²) in [6, 6.07) is 3.54. The minimum Gasteiger partial charge on any atom is -0.474 e. The monoisotopic (exact) mass is 267 g/mol. The Balaban J connectivity index is 1.96. The molecule has 0 bridgehead atoms. The van der Waals surface area contributed by atoms with Crippen molar-refractivity contribution in [3.05, 3.63) is 22.8 Å². The van der Waals surface area contributed by atoms with Crippen LogP contribution in [0.5, 0.6) is 5.88 Å². The van der Waals surface area contributed by atoms with Crippen molar-refractivity contribution in [3.8, 4) is 11.9 Å². The quantitative estimate of drug-likeness (QED) is 0.896. The van der Waals surface area contributed by atoms with Crippen molar-refractivity contribution in [2.75, 3.05) is 19.7 Å². The number of hydrogen-bond donors (Lipinski definition) is 1. The van der Waals surface area contributed by atoms with Crippen LogP contribution in [0.2, 0.25) is 5.02 Å². The Kier molecular flexibility index (Phi) is 4.37. The number of aromatic nitrogens is 1. The first-order valence-corrected chi connectivity index (χ1v) is 6.12. The zero-order chi connectivity index (χ0) is 13.0. The van der Waals surface area contributed by atoms with Gasteiger partial charge in [0.05, 0.1) is 11.7 Å². The summed E-state index contributed by atoms with van der Waals surface area (Å²) in [7, 11) is 0. The van der Waals surface area contributed by atoms with E-state index in [1.54, 1.807) is 6.07 Å². The Morgan fingerprint density at radius 1 is 1.67 bits per heavy atom. The fourth-order valence-electron chi connectivity index (χ4n) is 1.75. The molecule has 1 aromatic rings. The van der Waals surface area contributed by atoms with Crippen molar-refractivity contribution in [1.29, 1.82) is 5.26 Å². The molecule has 2 atom stereocenters. The fourth-order valence-corrected chi connectivity index (χ4v) is 1.96. The lowest BCUT2D eigenvalue weighted by molar-refractivity contribution is -0.0476. The molecule has 0 spiro atoms. The highest BCUT2D eigenvalue weighted by atomic mass is 35.5. The van der Waals surface area contributed by atoms with Crippen molar-refractivity contribution in [1.82, 2.24) is 10.3 Å². The highest BCUT2D eigenvalue weighted by Crippen LogP contribution is 2.25. The summed E-state index contributed by atoms with van der Waals surface area (Å²) in [5, 5.41) is 12.3. The number of pyridine rings is 1. The van der Waals surface area contributed by atoms with Gasteiger partial charge in [0.15, 0.2) is 0 Å². The zero-order valence-electron chi connectivity index (χ0n) is 10.0. The van der Waals surface area contributed by atoms with Crippen molar-refractivity contribution < 1.29 is 9.47 Å². The van der Waals surface area contributed by atoms with Crippen LogP contribution < -0.4 is 10.1 Å².